The van der Waals surface area contributed by atoms with Crippen molar-refractivity contribution in [3.05, 3.63) is 47.2 Å². The second-order valence-corrected chi connectivity index (χ2v) is 11.3. The maximum atomic E-state index is 12.1. The first kappa shape index (κ1) is 27.7. The van der Waals surface area contributed by atoms with Crippen LogP contribution in [0.5, 0.6) is 0 Å². The Labute approximate surface area is 228 Å². The average Bonchev–Trinajstić information content (AvgIpc) is 3.60. The van der Waals surface area contributed by atoms with Crippen molar-refractivity contribution in [2.75, 3.05) is 43.8 Å². The van der Waals surface area contributed by atoms with Gasteiger partial charge >= 0.3 is 11.8 Å². The Hall–Kier alpha value is -3.37. The molecule has 2 aliphatic heterocycles. The SMILES string of the molecule is CC(CN1CCCC1)c1nc2ccccc2s1.CC1CCCN(C(=O)C(=O)Nc2cncc(C=N)c2N)C1. The molecule has 0 radical (unpaired) electrons. The van der Waals surface area contributed by atoms with Crippen LogP contribution in [-0.2, 0) is 9.59 Å². The molecule has 2 saturated heterocycles. The molecule has 4 N–H and O–H groups in total. The fourth-order valence-corrected chi connectivity index (χ4v) is 5.94. The Morgan fingerprint density at radius 1 is 1.21 bits per heavy atom. The number of likely N-dealkylation sites (tertiary alicyclic amines) is 2. The van der Waals surface area contributed by atoms with E-state index in [0.717, 1.165) is 24.6 Å². The first-order chi connectivity index (χ1) is 18.4. The minimum Gasteiger partial charge on any atom is -0.396 e. The third-order valence-electron chi connectivity index (χ3n) is 7.02. The molecule has 202 valence electrons. The quantitative estimate of drug-likeness (QED) is 0.329. The number of nitrogens with two attached hydrogens (primary N) is 1. The Balaban J connectivity index is 0.000000180. The van der Waals surface area contributed by atoms with Gasteiger partial charge in [0.15, 0.2) is 0 Å². The summed E-state index contributed by atoms with van der Waals surface area (Å²) in [6.45, 7) is 9.28. The van der Waals surface area contributed by atoms with Crippen LogP contribution in [-0.4, -0.2) is 70.5 Å². The number of pyridine rings is 1. The molecule has 0 aliphatic carbocycles. The summed E-state index contributed by atoms with van der Waals surface area (Å²) in [6.07, 6.45) is 8.56. The number of nitrogens with one attached hydrogen (secondary N) is 2. The summed E-state index contributed by atoms with van der Waals surface area (Å²) >= 11 is 1.85. The van der Waals surface area contributed by atoms with Gasteiger partial charge in [-0.2, -0.15) is 0 Å². The lowest BCUT2D eigenvalue weighted by Crippen LogP contribution is -2.44. The van der Waals surface area contributed by atoms with Gasteiger partial charge in [0.2, 0.25) is 0 Å². The Kier molecular flexibility index (Phi) is 9.41. The number of nitrogens with zero attached hydrogens (tertiary/aromatic N) is 4. The van der Waals surface area contributed by atoms with Gasteiger partial charge in [0.25, 0.3) is 0 Å². The maximum absolute atomic E-state index is 12.1. The molecule has 10 heteroatoms. The van der Waals surface area contributed by atoms with Gasteiger partial charge < -0.3 is 26.3 Å². The first-order valence-corrected chi connectivity index (χ1v) is 14.1. The fraction of sp³-hybridized carbons (Fsp3) is 0.464. The van der Waals surface area contributed by atoms with Crippen molar-refractivity contribution in [1.82, 2.24) is 19.8 Å². The maximum Gasteiger partial charge on any atom is 0.314 e. The topological polar surface area (TPSA) is 128 Å². The molecule has 2 amide bonds. The molecule has 2 aliphatic rings. The molecule has 2 atom stereocenters. The number of carbonyl (C=O) groups excluding carboxylic acids is 2. The van der Waals surface area contributed by atoms with E-state index in [0.29, 0.717) is 30.5 Å². The van der Waals surface area contributed by atoms with Crippen LogP contribution in [0, 0.1) is 11.3 Å². The van der Waals surface area contributed by atoms with Crippen LogP contribution in [0.2, 0.25) is 0 Å². The standard InChI is InChI=1S/C14H19N5O2.C14H18N2S/c1-9-3-2-4-19(8-9)14(21)13(20)18-11-7-17-6-10(5-15)12(11)16;1-11(10-16-8-4-5-9-16)14-15-12-6-2-3-7-13(12)17-14/h5-7,9,15H,2-4,8H2,1H3,(H2,16,17)(H,18,20);2-3,6-7,11H,4-5,8-10H2,1H3. The lowest BCUT2D eigenvalue weighted by molar-refractivity contribution is -0.144. The molecule has 9 nitrogen and oxygen atoms in total. The van der Waals surface area contributed by atoms with Crippen LogP contribution in [0.1, 0.15) is 56.0 Å². The van der Waals surface area contributed by atoms with E-state index in [9.17, 15) is 9.59 Å². The number of anilines is 2. The molecule has 5 rings (SSSR count). The Morgan fingerprint density at radius 2 is 1.97 bits per heavy atom. The van der Waals surface area contributed by atoms with E-state index in [1.807, 2.05) is 11.3 Å². The molecule has 38 heavy (non-hydrogen) atoms. The number of aromatic nitrogens is 2. The highest BCUT2D eigenvalue weighted by molar-refractivity contribution is 7.18. The summed E-state index contributed by atoms with van der Waals surface area (Å²) in [4.78, 5) is 36.9. The third-order valence-corrected chi connectivity index (χ3v) is 8.29. The molecule has 1 aromatic carbocycles. The normalized spacial score (nSPS) is 18.5. The van der Waals surface area contributed by atoms with E-state index in [1.54, 1.807) is 4.90 Å². The molecule has 0 spiro atoms. The number of rotatable bonds is 5. The average molecular weight is 536 g/mol. The molecule has 0 saturated carbocycles. The number of thiazole rings is 1. The monoisotopic (exact) mass is 535 g/mol. The largest absolute Gasteiger partial charge is 0.396 e. The number of amides is 2. The molecule has 2 unspecified atom stereocenters. The summed E-state index contributed by atoms with van der Waals surface area (Å²) in [7, 11) is 0. The number of hydrogen-bond donors (Lipinski definition) is 3. The van der Waals surface area contributed by atoms with Crippen molar-refractivity contribution in [3.8, 4) is 0 Å². The van der Waals surface area contributed by atoms with Gasteiger partial charge in [0.1, 0.15) is 0 Å². The highest BCUT2D eigenvalue weighted by Crippen LogP contribution is 2.28. The number of carbonyl (C=O) groups is 2. The van der Waals surface area contributed by atoms with Crippen molar-refractivity contribution < 1.29 is 9.59 Å². The van der Waals surface area contributed by atoms with E-state index in [4.69, 9.17) is 16.1 Å². The minimum absolute atomic E-state index is 0.230. The zero-order valence-electron chi connectivity index (χ0n) is 22.2. The number of nitrogen functional groups attached to an aromatic ring is 1. The first-order valence-electron chi connectivity index (χ1n) is 13.3. The van der Waals surface area contributed by atoms with Crippen LogP contribution in [0.4, 0.5) is 11.4 Å². The van der Waals surface area contributed by atoms with Crippen LogP contribution in [0.25, 0.3) is 10.2 Å². The summed E-state index contributed by atoms with van der Waals surface area (Å²) in [6, 6.07) is 8.43. The van der Waals surface area contributed by atoms with Crippen LogP contribution in [0.15, 0.2) is 36.7 Å². The highest BCUT2D eigenvalue weighted by Gasteiger charge is 2.26. The summed E-state index contributed by atoms with van der Waals surface area (Å²) in [5.74, 6) is -0.310. The smallest absolute Gasteiger partial charge is 0.314 e. The van der Waals surface area contributed by atoms with Crippen molar-refractivity contribution in [2.24, 2.45) is 5.92 Å². The lowest BCUT2D eigenvalue weighted by atomic mass is 10.0. The molecule has 2 fully saturated rings. The Morgan fingerprint density at radius 3 is 2.68 bits per heavy atom. The van der Waals surface area contributed by atoms with Gasteiger partial charge in [-0.15, -0.1) is 11.3 Å². The van der Waals surface area contributed by atoms with Gasteiger partial charge in [0.05, 0.1) is 32.8 Å². The zero-order valence-corrected chi connectivity index (χ0v) is 23.0. The lowest BCUT2D eigenvalue weighted by Gasteiger charge is -2.30. The third kappa shape index (κ3) is 6.93. The van der Waals surface area contributed by atoms with Crippen molar-refractivity contribution in [1.29, 1.82) is 5.41 Å². The second kappa shape index (κ2) is 12.9. The summed E-state index contributed by atoms with van der Waals surface area (Å²) < 4.78 is 1.32. The summed E-state index contributed by atoms with van der Waals surface area (Å²) in [5.41, 5.74) is 7.84. The van der Waals surface area contributed by atoms with Crippen LogP contribution < -0.4 is 11.1 Å². The van der Waals surface area contributed by atoms with E-state index in [1.165, 1.54) is 54.6 Å². The Bertz CT molecular complexity index is 1240. The highest BCUT2D eigenvalue weighted by atomic mass is 32.1. The van der Waals surface area contributed by atoms with Crippen molar-refractivity contribution in [2.45, 2.75) is 45.4 Å². The number of piperidine rings is 1. The molecule has 0 bridgehead atoms. The van der Waals surface area contributed by atoms with Gasteiger partial charge in [0, 0.05) is 43.5 Å². The van der Waals surface area contributed by atoms with Crippen molar-refractivity contribution in [3.63, 3.8) is 0 Å². The predicted molar refractivity (Wildman–Crippen MR) is 154 cm³/mol. The summed E-state index contributed by atoms with van der Waals surface area (Å²) in [5, 5.41) is 11.0. The van der Waals surface area contributed by atoms with Crippen LogP contribution in [0.3, 0.4) is 0 Å². The number of para-hydroxylation sites is 1. The van der Waals surface area contributed by atoms with E-state index in [2.05, 4.69) is 53.3 Å². The van der Waals surface area contributed by atoms with E-state index < -0.39 is 11.8 Å². The molecular formula is C28H37N7O2S. The molecular weight excluding hydrogens is 498 g/mol. The predicted octanol–water partition coefficient (Wildman–Crippen LogP) is 4.35. The number of benzene rings is 1. The minimum atomic E-state index is -0.722. The molecule has 2 aromatic heterocycles. The second-order valence-electron chi connectivity index (χ2n) is 10.2. The molecule has 3 aromatic rings. The van der Waals surface area contributed by atoms with Gasteiger partial charge in [-0.05, 0) is 56.8 Å². The van der Waals surface area contributed by atoms with Gasteiger partial charge in [-0.3, -0.25) is 14.6 Å². The van der Waals surface area contributed by atoms with Crippen molar-refractivity contribution >= 4 is 51.0 Å². The fourth-order valence-electron chi connectivity index (χ4n) is 4.93. The zero-order chi connectivity index (χ0) is 27.1. The molecule has 4 heterocycles. The van der Waals surface area contributed by atoms with Gasteiger partial charge in [-0.1, -0.05) is 26.0 Å². The number of hydrogen-bond acceptors (Lipinski definition) is 8. The van der Waals surface area contributed by atoms with Crippen LogP contribution >= 0.6 is 11.3 Å². The van der Waals surface area contributed by atoms with E-state index >= 15 is 0 Å². The number of fused-ring (bicyclic) bond motifs is 1. The van der Waals surface area contributed by atoms with Gasteiger partial charge in [-0.25, -0.2) is 4.98 Å². The van der Waals surface area contributed by atoms with E-state index in [-0.39, 0.29) is 11.4 Å².